The number of hydrogen-bond acceptors (Lipinski definition) is 5. The van der Waals surface area contributed by atoms with E-state index >= 15 is 0 Å². The summed E-state index contributed by atoms with van der Waals surface area (Å²) in [5.74, 6) is 0.641. The van der Waals surface area contributed by atoms with Crippen molar-refractivity contribution in [1.82, 2.24) is 0 Å². The summed E-state index contributed by atoms with van der Waals surface area (Å²) < 4.78 is 25.3. The first-order valence-corrected chi connectivity index (χ1v) is 9.94. The molecule has 0 bridgehead atoms. The summed E-state index contributed by atoms with van der Waals surface area (Å²) in [7, 11) is -3.99. The SMILES string of the molecule is O=[N+]([O-])CC(c1ccccc1)P(=O)(Oc1ccccc1)Oc1ccccc1. The van der Waals surface area contributed by atoms with Gasteiger partial charge < -0.3 is 9.05 Å². The molecule has 3 aromatic carbocycles. The smallest absolute Gasteiger partial charge is 0.415 e. The van der Waals surface area contributed by atoms with E-state index in [0.717, 1.165) is 0 Å². The molecule has 0 saturated carbocycles. The average Bonchev–Trinajstić information content (AvgIpc) is 2.68. The molecule has 0 heterocycles. The first-order chi connectivity index (χ1) is 13.1. The lowest BCUT2D eigenvalue weighted by Crippen LogP contribution is -2.18. The van der Waals surface area contributed by atoms with Crippen molar-refractivity contribution in [2.24, 2.45) is 0 Å². The number of benzene rings is 3. The Morgan fingerprint density at radius 2 is 1.19 bits per heavy atom. The fraction of sp³-hybridized carbons (Fsp3) is 0.100. The van der Waals surface area contributed by atoms with Gasteiger partial charge in [-0.25, -0.2) is 4.57 Å². The summed E-state index contributed by atoms with van der Waals surface area (Å²) in [5.41, 5.74) is -0.543. The zero-order chi connectivity index (χ0) is 19.1. The van der Waals surface area contributed by atoms with E-state index in [9.17, 15) is 14.7 Å². The monoisotopic (exact) mass is 383 g/mol. The summed E-state index contributed by atoms with van der Waals surface area (Å²) in [6.07, 6.45) is 0. The molecule has 0 aliphatic carbocycles. The third-order valence-electron chi connectivity index (χ3n) is 3.84. The van der Waals surface area contributed by atoms with Gasteiger partial charge in [0.2, 0.25) is 6.54 Å². The molecule has 0 N–H and O–H groups in total. The van der Waals surface area contributed by atoms with Gasteiger partial charge in [0.25, 0.3) is 0 Å². The lowest BCUT2D eigenvalue weighted by molar-refractivity contribution is -0.480. The van der Waals surface area contributed by atoms with Gasteiger partial charge in [-0.1, -0.05) is 66.7 Å². The summed E-state index contributed by atoms with van der Waals surface area (Å²) in [4.78, 5) is 10.8. The molecule has 6 nitrogen and oxygen atoms in total. The average molecular weight is 383 g/mol. The highest BCUT2D eigenvalue weighted by Gasteiger charge is 2.44. The first-order valence-electron chi connectivity index (χ1n) is 8.32. The van der Waals surface area contributed by atoms with Crippen molar-refractivity contribution in [2.45, 2.75) is 5.66 Å². The van der Waals surface area contributed by atoms with Gasteiger partial charge in [0, 0.05) is 4.92 Å². The maximum atomic E-state index is 13.8. The maximum Gasteiger partial charge on any atom is 0.444 e. The highest BCUT2D eigenvalue weighted by atomic mass is 31.2. The standard InChI is InChI=1S/C20H18NO5P/c22-21(23)16-20(17-10-4-1-5-11-17)27(24,25-18-12-6-2-7-13-18)26-19-14-8-3-9-15-19/h1-15,20H,16H2. The Balaban J connectivity index is 2.04. The van der Waals surface area contributed by atoms with Crippen molar-refractivity contribution < 1.29 is 18.5 Å². The van der Waals surface area contributed by atoms with Crippen molar-refractivity contribution >= 4 is 7.60 Å². The summed E-state index contributed by atoms with van der Waals surface area (Å²) >= 11 is 0. The minimum Gasteiger partial charge on any atom is -0.415 e. The maximum absolute atomic E-state index is 13.8. The molecular weight excluding hydrogens is 365 g/mol. The fourth-order valence-corrected chi connectivity index (χ4v) is 4.60. The predicted octanol–water partition coefficient (Wildman–Crippen LogP) is 5.36. The summed E-state index contributed by atoms with van der Waals surface area (Å²) in [6.45, 7) is -0.582. The van der Waals surface area contributed by atoms with Crippen LogP contribution in [0.5, 0.6) is 11.5 Å². The van der Waals surface area contributed by atoms with Crippen LogP contribution in [-0.2, 0) is 4.57 Å². The van der Waals surface area contributed by atoms with Crippen LogP contribution >= 0.6 is 7.60 Å². The second-order valence-corrected chi connectivity index (χ2v) is 7.86. The molecule has 0 aromatic heterocycles. The quantitative estimate of drug-likeness (QED) is 0.297. The van der Waals surface area contributed by atoms with Crippen molar-refractivity contribution in [3.05, 3.63) is 107 Å². The van der Waals surface area contributed by atoms with Gasteiger partial charge in [-0.3, -0.25) is 10.1 Å². The Bertz CT molecular complexity index is 873. The van der Waals surface area contributed by atoms with E-state index in [1.165, 1.54) is 0 Å². The lowest BCUT2D eigenvalue weighted by Gasteiger charge is -2.25. The number of rotatable bonds is 8. The van der Waals surface area contributed by atoms with Crippen LogP contribution in [-0.4, -0.2) is 11.5 Å². The fourth-order valence-electron chi connectivity index (χ4n) is 2.61. The van der Waals surface area contributed by atoms with Crippen LogP contribution in [0.15, 0.2) is 91.0 Å². The molecule has 0 aliphatic heterocycles. The molecule has 138 valence electrons. The molecule has 3 aromatic rings. The highest BCUT2D eigenvalue weighted by Crippen LogP contribution is 2.60. The molecule has 1 atom stereocenters. The van der Waals surface area contributed by atoms with Crippen molar-refractivity contribution in [2.75, 3.05) is 6.54 Å². The minimum atomic E-state index is -3.99. The lowest BCUT2D eigenvalue weighted by atomic mass is 10.1. The number of hydrogen-bond donors (Lipinski definition) is 0. The Labute approximate surface area is 157 Å². The Hall–Kier alpha value is -3.11. The van der Waals surface area contributed by atoms with Crippen LogP contribution in [0.1, 0.15) is 11.2 Å². The highest BCUT2D eigenvalue weighted by molar-refractivity contribution is 7.55. The molecule has 27 heavy (non-hydrogen) atoms. The third kappa shape index (κ3) is 4.96. The zero-order valence-corrected chi connectivity index (χ0v) is 15.3. The van der Waals surface area contributed by atoms with Gasteiger partial charge in [0.15, 0.2) is 5.66 Å². The molecule has 1 unspecified atom stereocenters. The molecule has 0 aliphatic rings. The zero-order valence-electron chi connectivity index (χ0n) is 14.4. The molecule has 0 fully saturated rings. The molecular formula is C20H18NO5P. The summed E-state index contributed by atoms with van der Waals surface area (Å²) in [5, 5.41) is 11.3. The van der Waals surface area contributed by atoms with Gasteiger partial charge in [-0.15, -0.1) is 0 Å². The van der Waals surface area contributed by atoms with E-state index in [0.29, 0.717) is 17.1 Å². The molecule has 3 rings (SSSR count). The van der Waals surface area contributed by atoms with Gasteiger partial charge >= 0.3 is 7.60 Å². The topological polar surface area (TPSA) is 78.7 Å². The van der Waals surface area contributed by atoms with E-state index in [4.69, 9.17) is 9.05 Å². The van der Waals surface area contributed by atoms with Crippen molar-refractivity contribution in [3.63, 3.8) is 0 Å². The van der Waals surface area contributed by atoms with E-state index in [2.05, 4.69) is 0 Å². The van der Waals surface area contributed by atoms with E-state index in [1.807, 2.05) is 0 Å². The van der Waals surface area contributed by atoms with E-state index < -0.39 is 24.7 Å². The van der Waals surface area contributed by atoms with Crippen LogP contribution < -0.4 is 9.05 Å². The second-order valence-electron chi connectivity index (χ2n) is 5.79. The van der Waals surface area contributed by atoms with Gasteiger partial charge in [0.05, 0.1) is 0 Å². The third-order valence-corrected chi connectivity index (χ3v) is 6.00. The first kappa shape index (κ1) is 18.7. The van der Waals surface area contributed by atoms with Gasteiger partial charge in [-0.05, 0) is 29.8 Å². The van der Waals surface area contributed by atoms with Gasteiger partial charge in [-0.2, -0.15) is 0 Å². The Kier molecular flexibility index (Phi) is 5.89. The normalized spacial score (nSPS) is 12.1. The van der Waals surface area contributed by atoms with E-state index in [-0.39, 0.29) is 0 Å². The van der Waals surface area contributed by atoms with Crippen LogP contribution in [0.25, 0.3) is 0 Å². The Morgan fingerprint density at radius 3 is 1.59 bits per heavy atom. The van der Waals surface area contributed by atoms with Gasteiger partial charge in [0.1, 0.15) is 11.5 Å². The number of nitrogens with zero attached hydrogens (tertiary/aromatic N) is 1. The molecule has 0 saturated heterocycles. The van der Waals surface area contributed by atoms with Crippen LogP contribution in [0, 0.1) is 10.1 Å². The molecule has 0 amide bonds. The van der Waals surface area contributed by atoms with Crippen LogP contribution in [0.4, 0.5) is 0 Å². The minimum absolute atomic E-state index is 0.320. The second kappa shape index (κ2) is 8.52. The van der Waals surface area contributed by atoms with Crippen LogP contribution in [0.3, 0.4) is 0 Å². The van der Waals surface area contributed by atoms with E-state index in [1.54, 1.807) is 91.0 Å². The van der Waals surface area contributed by atoms with Crippen molar-refractivity contribution in [1.29, 1.82) is 0 Å². The number of para-hydroxylation sites is 2. The number of nitro groups is 1. The molecule has 0 radical (unpaired) electrons. The Morgan fingerprint density at radius 1 is 0.778 bits per heavy atom. The predicted molar refractivity (Wildman–Crippen MR) is 103 cm³/mol. The molecule has 7 heteroatoms. The van der Waals surface area contributed by atoms with Crippen LogP contribution in [0.2, 0.25) is 0 Å². The van der Waals surface area contributed by atoms with Crippen molar-refractivity contribution in [3.8, 4) is 11.5 Å². The largest absolute Gasteiger partial charge is 0.444 e. The molecule has 0 spiro atoms. The summed E-state index contributed by atoms with van der Waals surface area (Å²) in [6, 6.07) is 25.7.